The summed E-state index contributed by atoms with van der Waals surface area (Å²) in [4.78, 5) is 16.6. The number of carbonyl (C=O) groups excluding carboxylic acids is 1. The molecule has 1 aliphatic heterocycles. The Labute approximate surface area is 193 Å². The standard InChI is InChI=1S/C24H17BrClNO4/c1-29-22-13-15(5-10-21(22)30-14-16-3-2-4-19(26)11-16)12-20-24(28)31-23(27-20)17-6-8-18(25)9-7-17/h2-13H,14H2,1H3/b20-12-. The fraction of sp³-hybridized carbons (Fsp3) is 0.0833. The Morgan fingerprint density at radius 2 is 1.87 bits per heavy atom. The van der Waals surface area contributed by atoms with E-state index in [0.717, 1.165) is 21.2 Å². The molecule has 0 fully saturated rings. The molecule has 4 rings (SSSR count). The highest BCUT2D eigenvalue weighted by Crippen LogP contribution is 2.30. The monoisotopic (exact) mass is 497 g/mol. The van der Waals surface area contributed by atoms with Gasteiger partial charge in [-0.15, -0.1) is 0 Å². The van der Waals surface area contributed by atoms with E-state index in [9.17, 15) is 4.79 Å². The number of hydrogen-bond donors (Lipinski definition) is 0. The average molecular weight is 499 g/mol. The van der Waals surface area contributed by atoms with Gasteiger partial charge in [-0.1, -0.05) is 45.7 Å². The number of rotatable bonds is 6. The van der Waals surface area contributed by atoms with Gasteiger partial charge in [-0.25, -0.2) is 9.79 Å². The highest BCUT2D eigenvalue weighted by atomic mass is 79.9. The summed E-state index contributed by atoms with van der Waals surface area (Å²) >= 11 is 9.40. The minimum absolute atomic E-state index is 0.215. The van der Waals surface area contributed by atoms with E-state index >= 15 is 0 Å². The van der Waals surface area contributed by atoms with Gasteiger partial charge >= 0.3 is 5.97 Å². The molecule has 3 aromatic rings. The lowest BCUT2D eigenvalue weighted by Gasteiger charge is -2.11. The van der Waals surface area contributed by atoms with Crippen molar-refractivity contribution in [3.05, 3.63) is 98.6 Å². The SMILES string of the molecule is COc1cc(/C=C2\N=C(c3ccc(Br)cc3)OC2=O)ccc1OCc1cccc(Cl)c1. The first kappa shape index (κ1) is 21.2. The Hall–Kier alpha value is -3.09. The van der Waals surface area contributed by atoms with E-state index < -0.39 is 5.97 Å². The normalized spacial score (nSPS) is 14.4. The molecule has 3 aromatic carbocycles. The predicted octanol–water partition coefficient (Wildman–Crippen LogP) is 6.03. The number of ether oxygens (including phenoxy) is 3. The second-order valence-corrected chi connectivity index (χ2v) is 8.02. The van der Waals surface area contributed by atoms with E-state index in [4.69, 9.17) is 25.8 Å². The van der Waals surface area contributed by atoms with Crippen LogP contribution >= 0.6 is 27.5 Å². The van der Waals surface area contributed by atoms with Gasteiger partial charge in [-0.05, 0) is 65.7 Å². The smallest absolute Gasteiger partial charge is 0.363 e. The van der Waals surface area contributed by atoms with Crippen LogP contribution < -0.4 is 9.47 Å². The first-order chi connectivity index (χ1) is 15.0. The molecule has 7 heteroatoms. The fourth-order valence-electron chi connectivity index (χ4n) is 2.96. The number of hydrogen-bond acceptors (Lipinski definition) is 5. The molecular formula is C24H17BrClNO4. The molecule has 0 saturated carbocycles. The lowest BCUT2D eigenvalue weighted by atomic mass is 10.1. The summed E-state index contributed by atoms with van der Waals surface area (Å²) < 4.78 is 17.6. The second-order valence-electron chi connectivity index (χ2n) is 6.67. The molecule has 0 aromatic heterocycles. The zero-order chi connectivity index (χ0) is 21.8. The van der Waals surface area contributed by atoms with Gasteiger partial charge < -0.3 is 14.2 Å². The third kappa shape index (κ3) is 5.16. The molecule has 0 bridgehead atoms. The van der Waals surface area contributed by atoms with Crippen molar-refractivity contribution >= 4 is 45.5 Å². The largest absolute Gasteiger partial charge is 0.493 e. The lowest BCUT2D eigenvalue weighted by Crippen LogP contribution is -2.05. The van der Waals surface area contributed by atoms with E-state index in [1.165, 1.54) is 0 Å². The Kier molecular flexibility index (Phi) is 6.39. The third-order valence-corrected chi connectivity index (χ3v) is 5.25. The van der Waals surface area contributed by atoms with Crippen molar-refractivity contribution in [1.82, 2.24) is 0 Å². The molecule has 156 valence electrons. The summed E-state index contributed by atoms with van der Waals surface area (Å²) in [6.45, 7) is 0.352. The second kappa shape index (κ2) is 9.37. The Bertz CT molecular complexity index is 1190. The van der Waals surface area contributed by atoms with Gasteiger partial charge in [0.2, 0.25) is 5.90 Å². The van der Waals surface area contributed by atoms with Crippen molar-refractivity contribution in [2.45, 2.75) is 6.61 Å². The summed E-state index contributed by atoms with van der Waals surface area (Å²) in [5.41, 5.74) is 2.62. The molecule has 0 N–H and O–H groups in total. The Morgan fingerprint density at radius 3 is 2.61 bits per heavy atom. The summed E-state index contributed by atoms with van der Waals surface area (Å²) in [5, 5.41) is 0.654. The van der Waals surface area contributed by atoms with Crippen LogP contribution in [0.25, 0.3) is 6.08 Å². The number of benzene rings is 3. The van der Waals surface area contributed by atoms with Gasteiger partial charge in [0.15, 0.2) is 17.2 Å². The molecule has 0 aliphatic carbocycles. The fourth-order valence-corrected chi connectivity index (χ4v) is 3.44. The number of methoxy groups -OCH3 is 1. The summed E-state index contributed by atoms with van der Waals surface area (Å²) in [7, 11) is 1.56. The van der Waals surface area contributed by atoms with Gasteiger partial charge in [0, 0.05) is 15.1 Å². The molecule has 0 saturated heterocycles. The van der Waals surface area contributed by atoms with Gasteiger partial charge in [-0.3, -0.25) is 0 Å². The van der Waals surface area contributed by atoms with Crippen LogP contribution in [-0.4, -0.2) is 19.0 Å². The van der Waals surface area contributed by atoms with Crippen molar-refractivity contribution in [3.8, 4) is 11.5 Å². The minimum atomic E-state index is -0.502. The van der Waals surface area contributed by atoms with Crippen LogP contribution in [0.5, 0.6) is 11.5 Å². The van der Waals surface area contributed by atoms with E-state index in [0.29, 0.717) is 23.1 Å². The molecule has 0 atom stereocenters. The summed E-state index contributed by atoms with van der Waals surface area (Å²) in [5.74, 6) is 0.896. The highest BCUT2D eigenvalue weighted by Gasteiger charge is 2.24. The first-order valence-corrected chi connectivity index (χ1v) is 10.5. The number of carbonyl (C=O) groups is 1. The molecule has 31 heavy (non-hydrogen) atoms. The molecule has 0 radical (unpaired) electrons. The van der Waals surface area contributed by atoms with E-state index in [-0.39, 0.29) is 11.6 Å². The lowest BCUT2D eigenvalue weighted by molar-refractivity contribution is -0.129. The molecule has 0 amide bonds. The summed E-state index contributed by atoms with van der Waals surface area (Å²) in [6, 6.07) is 20.2. The van der Waals surface area contributed by atoms with Crippen LogP contribution in [0.2, 0.25) is 5.02 Å². The molecule has 0 unspecified atom stereocenters. The van der Waals surface area contributed by atoms with Crippen LogP contribution in [0.1, 0.15) is 16.7 Å². The topological polar surface area (TPSA) is 57.1 Å². The van der Waals surface area contributed by atoms with Crippen LogP contribution in [0.3, 0.4) is 0 Å². The van der Waals surface area contributed by atoms with Crippen LogP contribution in [0, 0.1) is 0 Å². The van der Waals surface area contributed by atoms with E-state index in [2.05, 4.69) is 20.9 Å². The summed E-state index contributed by atoms with van der Waals surface area (Å²) in [6.07, 6.45) is 1.65. The van der Waals surface area contributed by atoms with Crippen LogP contribution in [0.4, 0.5) is 0 Å². The van der Waals surface area contributed by atoms with Crippen molar-refractivity contribution in [1.29, 1.82) is 0 Å². The molecule has 5 nitrogen and oxygen atoms in total. The molecule has 1 heterocycles. The van der Waals surface area contributed by atoms with Gasteiger partial charge in [-0.2, -0.15) is 0 Å². The van der Waals surface area contributed by atoms with Crippen molar-refractivity contribution < 1.29 is 19.0 Å². The zero-order valence-corrected chi connectivity index (χ0v) is 18.8. The van der Waals surface area contributed by atoms with Gasteiger partial charge in [0.05, 0.1) is 7.11 Å². The maximum atomic E-state index is 12.3. The zero-order valence-electron chi connectivity index (χ0n) is 16.5. The van der Waals surface area contributed by atoms with Crippen molar-refractivity contribution in [2.75, 3.05) is 7.11 Å². The van der Waals surface area contributed by atoms with Gasteiger partial charge in [0.25, 0.3) is 0 Å². The number of cyclic esters (lactones) is 1. The maximum absolute atomic E-state index is 12.3. The Morgan fingerprint density at radius 1 is 1.06 bits per heavy atom. The average Bonchev–Trinajstić information content (AvgIpc) is 3.13. The van der Waals surface area contributed by atoms with Gasteiger partial charge in [0.1, 0.15) is 6.61 Å². The van der Waals surface area contributed by atoms with E-state index in [1.54, 1.807) is 25.3 Å². The van der Waals surface area contributed by atoms with Crippen molar-refractivity contribution in [3.63, 3.8) is 0 Å². The van der Waals surface area contributed by atoms with Crippen LogP contribution in [0.15, 0.2) is 81.9 Å². The number of esters is 1. The first-order valence-electron chi connectivity index (χ1n) is 9.35. The van der Waals surface area contributed by atoms with Crippen molar-refractivity contribution in [2.24, 2.45) is 4.99 Å². The van der Waals surface area contributed by atoms with E-state index in [1.807, 2.05) is 54.6 Å². The quantitative estimate of drug-likeness (QED) is 0.307. The minimum Gasteiger partial charge on any atom is -0.493 e. The van der Waals surface area contributed by atoms with Crippen LogP contribution in [-0.2, 0) is 16.1 Å². The number of aliphatic imine (C=N–C) groups is 1. The highest BCUT2D eigenvalue weighted by molar-refractivity contribution is 9.10. The number of halogens is 2. The molecular weight excluding hydrogens is 482 g/mol. The third-order valence-electron chi connectivity index (χ3n) is 4.49. The molecule has 1 aliphatic rings. The predicted molar refractivity (Wildman–Crippen MR) is 124 cm³/mol. The molecule has 0 spiro atoms. The Balaban J connectivity index is 1.53. The number of nitrogens with zero attached hydrogens (tertiary/aromatic N) is 1. The maximum Gasteiger partial charge on any atom is 0.363 e.